The van der Waals surface area contributed by atoms with Gasteiger partial charge in [0.1, 0.15) is 0 Å². The Morgan fingerprint density at radius 3 is 2.62 bits per heavy atom. The number of carbonyl (C=O) groups excluding carboxylic acids is 2. The van der Waals surface area contributed by atoms with Crippen LogP contribution in [0.3, 0.4) is 0 Å². The molecule has 1 aliphatic heterocycles. The monoisotopic (exact) mass is 331 g/mol. The minimum Gasteiger partial charge on any atom is -0.379 e. The van der Waals surface area contributed by atoms with Gasteiger partial charge in [0.15, 0.2) is 5.60 Å². The molecule has 3 rings (SSSR count). The fourth-order valence-corrected chi connectivity index (χ4v) is 3.33. The van der Waals surface area contributed by atoms with Gasteiger partial charge in [-0.25, -0.2) is 0 Å². The van der Waals surface area contributed by atoms with Gasteiger partial charge in [0.25, 0.3) is 5.91 Å². The van der Waals surface area contributed by atoms with Crippen molar-refractivity contribution >= 4 is 11.8 Å². The summed E-state index contributed by atoms with van der Waals surface area (Å²) in [5, 5.41) is 10.3. The average molecular weight is 331 g/mol. The zero-order chi connectivity index (χ0) is 17.2. The number of aliphatic hydroxyl groups is 1. The smallest absolute Gasteiger partial charge is 0.250 e. The van der Waals surface area contributed by atoms with Gasteiger partial charge in [-0.3, -0.25) is 14.5 Å². The molecule has 3 N–H and O–H groups in total. The lowest BCUT2D eigenvalue weighted by molar-refractivity contribution is -0.145. The van der Waals surface area contributed by atoms with Gasteiger partial charge < -0.3 is 15.7 Å². The SMILES string of the molecule is NC(=O)[C@]1(O)CCCN(CC(=O)N(Cc2ccccc2)C2CC2)C1. The Morgan fingerprint density at radius 2 is 2.00 bits per heavy atom. The number of hydrogen-bond donors (Lipinski definition) is 2. The van der Waals surface area contributed by atoms with Crippen LogP contribution in [0.4, 0.5) is 0 Å². The molecule has 1 heterocycles. The van der Waals surface area contributed by atoms with E-state index in [9.17, 15) is 14.7 Å². The van der Waals surface area contributed by atoms with E-state index in [1.54, 1.807) is 0 Å². The predicted molar refractivity (Wildman–Crippen MR) is 89.8 cm³/mol. The minimum atomic E-state index is -1.51. The number of nitrogens with zero attached hydrogens (tertiary/aromatic N) is 2. The van der Waals surface area contributed by atoms with Crippen molar-refractivity contribution in [3.8, 4) is 0 Å². The highest BCUT2D eigenvalue weighted by molar-refractivity contribution is 5.84. The first-order chi connectivity index (χ1) is 11.5. The molecule has 0 aromatic heterocycles. The van der Waals surface area contributed by atoms with Gasteiger partial charge in [-0.1, -0.05) is 30.3 Å². The van der Waals surface area contributed by atoms with E-state index in [-0.39, 0.29) is 19.0 Å². The number of β-amino-alcohol motifs (C(OH)–C–C–N with tert-alkyl or cyclic N) is 1. The molecule has 0 radical (unpaired) electrons. The average Bonchev–Trinajstić information content (AvgIpc) is 3.38. The fourth-order valence-electron chi connectivity index (χ4n) is 3.33. The van der Waals surface area contributed by atoms with Crippen molar-refractivity contribution in [2.45, 2.75) is 43.9 Å². The third-order valence-electron chi connectivity index (χ3n) is 4.87. The zero-order valence-electron chi connectivity index (χ0n) is 13.9. The van der Waals surface area contributed by atoms with Crippen molar-refractivity contribution in [3.63, 3.8) is 0 Å². The molecule has 6 heteroatoms. The largest absolute Gasteiger partial charge is 0.379 e. The van der Waals surface area contributed by atoms with E-state index in [2.05, 4.69) is 0 Å². The summed E-state index contributed by atoms with van der Waals surface area (Å²) in [5.74, 6) is -0.655. The zero-order valence-corrected chi connectivity index (χ0v) is 13.9. The van der Waals surface area contributed by atoms with Crippen LogP contribution in [0.15, 0.2) is 30.3 Å². The number of likely N-dealkylation sites (tertiary alicyclic amines) is 1. The van der Waals surface area contributed by atoms with E-state index in [0.717, 1.165) is 18.4 Å². The fraction of sp³-hybridized carbons (Fsp3) is 0.556. The van der Waals surface area contributed by atoms with E-state index in [1.165, 1.54) is 0 Å². The van der Waals surface area contributed by atoms with Gasteiger partial charge in [0.2, 0.25) is 5.91 Å². The molecular formula is C18H25N3O3. The van der Waals surface area contributed by atoms with E-state index < -0.39 is 11.5 Å². The van der Waals surface area contributed by atoms with Crippen molar-refractivity contribution in [3.05, 3.63) is 35.9 Å². The Kier molecular flexibility index (Phi) is 4.87. The highest BCUT2D eigenvalue weighted by Gasteiger charge is 2.40. The van der Waals surface area contributed by atoms with Crippen LogP contribution in [-0.4, -0.2) is 58.0 Å². The van der Waals surface area contributed by atoms with E-state index in [1.807, 2.05) is 40.1 Å². The number of nitrogens with two attached hydrogens (primary N) is 1. The lowest BCUT2D eigenvalue weighted by Gasteiger charge is -2.37. The van der Waals surface area contributed by atoms with E-state index >= 15 is 0 Å². The van der Waals surface area contributed by atoms with Crippen LogP contribution >= 0.6 is 0 Å². The lowest BCUT2D eigenvalue weighted by atomic mass is 9.92. The highest BCUT2D eigenvalue weighted by Crippen LogP contribution is 2.29. The molecule has 130 valence electrons. The molecule has 24 heavy (non-hydrogen) atoms. The first-order valence-electron chi connectivity index (χ1n) is 8.56. The van der Waals surface area contributed by atoms with Gasteiger partial charge in [-0.2, -0.15) is 0 Å². The van der Waals surface area contributed by atoms with E-state index in [0.29, 0.717) is 32.0 Å². The highest BCUT2D eigenvalue weighted by atomic mass is 16.3. The first-order valence-corrected chi connectivity index (χ1v) is 8.56. The number of benzene rings is 1. The van der Waals surface area contributed by atoms with Crippen molar-refractivity contribution in [1.82, 2.24) is 9.80 Å². The summed E-state index contributed by atoms with van der Waals surface area (Å²) in [6.45, 7) is 1.67. The maximum Gasteiger partial charge on any atom is 0.250 e. The summed E-state index contributed by atoms with van der Waals surface area (Å²) in [6.07, 6.45) is 3.12. The molecule has 2 aliphatic rings. The molecule has 2 fully saturated rings. The number of rotatable bonds is 6. The van der Waals surface area contributed by atoms with Gasteiger partial charge in [0.05, 0.1) is 6.54 Å². The van der Waals surface area contributed by atoms with Crippen LogP contribution in [0.1, 0.15) is 31.2 Å². The second-order valence-electron chi connectivity index (χ2n) is 6.95. The maximum absolute atomic E-state index is 12.8. The molecule has 6 nitrogen and oxygen atoms in total. The molecule has 1 saturated carbocycles. The van der Waals surface area contributed by atoms with Crippen LogP contribution in [0.2, 0.25) is 0 Å². The first kappa shape index (κ1) is 16.9. The number of primary amides is 1. The molecule has 1 aromatic rings. The molecule has 0 unspecified atom stereocenters. The summed E-state index contributed by atoms with van der Waals surface area (Å²) < 4.78 is 0. The van der Waals surface area contributed by atoms with Gasteiger partial charge in [-0.05, 0) is 37.8 Å². The Morgan fingerprint density at radius 1 is 1.29 bits per heavy atom. The lowest BCUT2D eigenvalue weighted by Crippen LogP contribution is -2.57. The summed E-state index contributed by atoms with van der Waals surface area (Å²) in [5.41, 5.74) is 4.91. The Hall–Kier alpha value is -1.92. The third kappa shape index (κ3) is 3.94. The molecule has 2 amide bonds. The number of carbonyl (C=O) groups is 2. The summed E-state index contributed by atoms with van der Waals surface area (Å²) in [6, 6.07) is 10.3. The van der Waals surface area contributed by atoms with Gasteiger partial charge in [-0.15, -0.1) is 0 Å². The summed E-state index contributed by atoms with van der Waals surface area (Å²) >= 11 is 0. The second-order valence-corrected chi connectivity index (χ2v) is 6.95. The molecule has 0 bridgehead atoms. The molecule has 1 atom stereocenters. The summed E-state index contributed by atoms with van der Waals surface area (Å²) in [7, 11) is 0. The van der Waals surface area contributed by atoms with E-state index in [4.69, 9.17) is 5.73 Å². The molecule has 0 spiro atoms. The van der Waals surface area contributed by atoms with Crippen LogP contribution in [0.25, 0.3) is 0 Å². The number of piperidine rings is 1. The van der Waals surface area contributed by atoms with Crippen LogP contribution in [-0.2, 0) is 16.1 Å². The topological polar surface area (TPSA) is 86.9 Å². The van der Waals surface area contributed by atoms with Crippen molar-refractivity contribution < 1.29 is 14.7 Å². The quantitative estimate of drug-likeness (QED) is 0.794. The van der Waals surface area contributed by atoms with Gasteiger partial charge >= 0.3 is 0 Å². The van der Waals surface area contributed by atoms with Gasteiger partial charge in [0, 0.05) is 19.1 Å². The Labute approximate surface area is 142 Å². The Bertz CT molecular complexity index is 603. The molecule has 1 aliphatic carbocycles. The Balaban J connectivity index is 1.62. The molecule has 1 aromatic carbocycles. The normalized spacial score (nSPS) is 24.5. The molecular weight excluding hydrogens is 306 g/mol. The van der Waals surface area contributed by atoms with Crippen LogP contribution in [0, 0.1) is 0 Å². The maximum atomic E-state index is 12.8. The van der Waals surface area contributed by atoms with Crippen molar-refractivity contribution in [2.24, 2.45) is 5.73 Å². The van der Waals surface area contributed by atoms with Crippen LogP contribution in [0.5, 0.6) is 0 Å². The number of hydrogen-bond acceptors (Lipinski definition) is 4. The molecule has 1 saturated heterocycles. The minimum absolute atomic E-state index is 0.0510. The van der Waals surface area contributed by atoms with Crippen molar-refractivity contribution in [1.29, 1.82) is 0 Å². The predicted octanol–water partition coefficient (Wildman–Crippen LogP) is 0.490. The third-order valence-corrected chi connectivity index (χ3v) is 4.87. The standard InChI is InChI=1S/C18H25N3O3/c19-17(23)18(24)9-4-10-20(13-18)12-16(22)21(15-7-8-15)11-14-5-2-1-3-6-14/h1-3,5-6,15,24H,4,7-13H2,(H2,19,23)/t18-/m0/s1. The van der Waals surface area contributed by atoms with Crippen molar-refractivity contribution in [2.75, 3.05) is 19.6 Å². The number of amides is 2. The summed E-state index contributed by atoms with van der Waals surface area (Å²) in [4.78, 5) is 28.0. The van der Waals surface area contributed by atoms with Crippen LogP contribution < -0.4 is 5.73 Å². The second kappa shape index (κ2) is 6.91.